The summed E-state index contributed by atoms with van der Waals surface area (Å²) in [5.74, 6) is -0.919. The maximum atomic E-state index is 12.0. The average Bonchev–Trinajstić information content (AvgIpc) is 2.04. The van der Waals surface area contributed by atoms with Crippen LogP contribution in [-0.2, 0) is 10.1 Å². The third kappa shape index (κ3) is 3.11. The van der Waals surface area contributed by atoms with E-state index in [0.717, 1.165) is 6.07 Å². The third-order valence-corrected chi connectivity index (χ3v) is 2.55. The summed E-state index contributed by atoms with van der Waals surface area (Å²) in [6.45, 7) is 1.23. The Labute approximate surface area is 89.4 Å². The highest BCUT2D eigenvalue weighted by Gasteiger charge is 2.34. The molecule has 1 aromatic carbocycles. The average molecular weight is 256 g/mol. The van der Waals surface area contributed by atoms with E-state index in [1.165, 1.54) is 19.1 Å². The maximum absolute atomic E-state index is 12.0. The van der Waals surface area contributed by atoms with Crippen molar-refractivity contribution in [1.29, 1.82) is 0 Å². The Balaban J connectivity index is 3.36. The van der Waals surface area contributed by atoms with Gasteiger partial charge in [0, 0.05) is 0 Å². The molecule has 0 saturated carbocycles. The molecular weight excluding hydrogens is 249 g/mol. The van der Waals surface area contributed by atoms with Crippen molar-refractivity contribution in [2.75, 3.05) is 0 Å². The normalized spacial score (nSPS) is 12.6. The van der Waals surface area contributed by atoms with Crippen LogP contribution >= 0.6 is 0 Å². The zero-order valence-corrected chi connectivity index (χ0v) is 8.76. The molecule has 0 aromatic heterocycles. The fourth-order valence-corrected chi connectivity index (χ4v) is 1.76. The molecule has 8 heteroatoms. The molecule has 1 aromatic rings. The second-order valence-corrected chi connectivity index (χ2v) is 4.31. The zero-order chi connectivity index (χ0) is 12.6. The molecule has 0 bridgehead atoms. The molecule has 0 atom stereocenters. The second-order valence-electron chi connectivity index (χ2n) is 2.93. The van der Waals surface area contributed by atoms with Gasteiger partial charge in [-0.15, -0.1) is 13.2 Å². The van der Waals surface area contributed by atoms with E-state index in [9.17, 15) is 21.6 Å². The number of para-hydroxylation sites is 1. The summed E-state index contributed by atoms with van der Waals surface area (Å²) >= 11 is 0. The molecule has 0 aliphatic heterocycles. The van der Waals surface area contributed by atoms with Gasteiger partial charge in [-0.3, -0.25) is 4.55 Å². The summed E-state index contributed by atoms with van der Waals surface area (Å²) in [5.41, 5.74) is -0.0487. The molecule has 0 spiro atoms. The fourth-order valence-electron chi connectivity index (χ4n) is 1.08. The van der Waals surface area contributed by atoms with E-state index in [-0.39, 0.29) is 5.56 Å². The highest BCUT2D eigenvalue weighted by Crippen LogP contribution is 2.32. The SMILES string of the molecule is Cc1cccc(S(=O)(=O)O)c1OC(F)(F)F. The monoisotopic (exact) mass is 256 g/mol. The smallest absolute Gasteiger partial charge is 0.404 e. The minimum absolute atomic E-state index is 0.0487. The first-order valence-electron chi connectivity index (χ1n) is 3.94. The van der Waals surface area contributed by atoms with E-state index in [1.54, 1.807) is 0 Å². The predicted molar refractivity (Wildman–Crippen MR) is 47.7 cm³/mol. The number of hydrogen-bond acceptors (Lipinski definition) is 3. The van der Waals surface area contributed by atoms with Crippen LogP contribution in [0, 0.1) is 6.92 Å². The molecule has 0 radical (unpaired) electrons. The maximum Gasteiger partial charge on any atom is 0.573 e. The minimum Gasteiger partial charge on any atom is -0.404 e. The molecule has 0 saturated heterocycles. The van der Waals surface area contributed by atoms with Crippen LogP contribution < -0.4 is 4.74 Å². The molecule has 1 rings (SSSR count). The van der Waals surface area contributed by atoms with E-state index >= 15 is 0 Å². The predicted octanol–water partition coefficient (Wildman–Crippen LogP) is 2.14. The Morgan fingerprint density at radius 2 is 1.88 bits per heavy atom. The van der Waals surface area contributed by atoms with Crippen LogP contribution in [-0.4, -0.2) is 19.3 Å². The third-order valence-electron chi connectivity index (χ3n) is 1.67. The van der Waals surface area contributed by atoms with Gasteiger partial charge in [0.1, 0.15) is 4.90 Å². The Kier molecular flexibility index (Phi) is 3.15. The Morgan fingerprint density at radius 1 is 1.31 bits per heavy atom. The summed E-state index contributed by atoms with van der Waals surface area (Å²) in [7, 11) is -4.75. The number of halogens is 3. The molecule has 0 amide bonds. The van der Waals surface area contributed by atoms with Crippen molar-refractivity contribution in [2.45, 2.75) is 18.2 Å². The van der Waals surface area contributed by atoms with Crippen molar-refractivity contribution < 1.29 is 30.9 Å². The second kappa shape index (κ2) is 3.95. The van der Waals surface area contributed by atoms with Crippen LogP contribution in [0.2, 0.25) is 0 Å². The molecule has 0 fully saturated rings. The summed E-state index contributed by atoms with van der Waals surface area (Å²) in [6.07, 6.45) is -5.02. The van der Waals surface area contributed by atoms with E-state index in [0.29, 0.717) is 0 Å². The van der Waals surface area contributed by atoms with Crippen molar-refractivity contribution >= 4 is 10.1 Å². The van der Waals surface area contributed by atoms with Gasteiger partial charge in [-0.2, -0.15) is 8.42 Å². The number of alkyl halides is 3. The zero-order valence-electron chi connectivity index (χ0n) is 7.95. The minimum atomic E-state index is -5.02. The van der Waals surface area contributed by atoms with Gasteiger partial charge in [-0.05, 0) is 18.6 Å². The molecular formula is C8H7F3O4S. The van der Waals surface area contributed by atoms with E-state index in [1.807, 2.05) is 0 Å². The van der Waals surface area contributed by atoms with Gasteiger partial charge in [0.05, 0.1) is 0 Å². The lowest BCUT2D eigenvalue weighted by Crippen LogP contribution is -2.19. The highest BCUT2D eigenvalue weighted by atomic mass is 32.2. The van der Waals surface area contributed by atoms with E-state index < -0.39 is 27.1 Å². The lowest BCUT2D eigenvalue weighted by Gasteiger charge is -2.13. The van der Waals surface area contributed by atoms with Crippen LogP contribution in [0.5, 0.6) is 5.75 Å². The van der Waals surface area contributed by atoms with Gasteiger partial charge in [-0.25, -0.2) is 0 Å². The first-order valence-corrected chi connectivity index (χ1v) is 5.38. The summed E-state index contributed by atoms with van der Waals surface area (Å²) in [6, 6.07) is 3.25. The lowest BCUT2D eigenvalue weighted by molar-refractivity contribution is -0.275. The Bertz CT molecular complexity index is 492. The molecule has 16 heavy (non-hydrogen) atoms. The van der Waals surface area contributed by atoms with Gasteiger partial charge in [0.15, 0.2) is 5.75 Å². The lowest BCUT2D eigenvalue weighted by atomic mass is 10.2. The van der Waals surface area contributed by atoms with Crippen molar-refractivity contribution in [3.05, 3.63) is 23.8 Å². The Morgan fingerprint density at radius 3 is 2.31 bits per heavy atom. The van der Waals surface area contributed by atoms with Crippen molar-refractivity contribution in [2.24, 2.45) is 0 Å². The summed E-state index contributed by atoms with van der Waals surface area (Å²) in [4.78, 5) is -0.912. The highest BCUT2D eigenvalue weighted by molar-refractivity contribution is 7.86. The molecule has 1 N–H and O–H groups in total. The van der Waals surface area contributed by atoms with Crippen LogP contribution in [0.15, 0.2) is 23.1 Å². The Hall–Kier alpha value is -1.28. The molecule has 0 unspecified atom stereocenters. The largest absolute Gasteiger partial charge is 0.573 e. The number of benzene rings is 1. The number of aryl methyl sites for hydroxylation is 1. The summed E-state index contributed by atoms with van der Waals surface area (Å²) < 4.78 is 69.8. The van der Waals surface area contributed by atoms with E-state index in [2.05, 4.69) is 4.74 Å². The van der Waals surface area contributed by atoms with Gasteiger partial charge in [0.25, 0.3) is 10.1 Å². The van der Waals surface area contributed by atoms with Crippen molar-refractivity contribution in [3.63, 3.8) is 0 Å². The van der Waals surface area contributed by atoms with E-state index in [4.69, 9.17) is 4.55 Å². The molecule has 0 heterocycles. The molecule has 0 aliphatic rings. The molecule has 90 valence electrons. The molecule has 0 aliphatic carbocycles. The summed E-state index contributed by atoms with van der Waals surface area (Å²) in [5, 5.41) is 0. The van der Waals surface area contributed by atoms with Gasteiger partial charge in [-0.1, -0.05) is 12.1 Å². The van der Waals surface area contributed by atoms with Crippen LogP contribution in [0.1, 0.15) is 5.56 Å². The topological polar surface area (TPSA) is 63.6 Å². The first kappa shape index (κ1) is 12.8. The van der Waals surface area contributed by atoms with Gasteiger partial charge >= 0.3 is 6.36 Å². The van der Waals surface area contributed by atoms with Crippen LogP contribution in [0.4, 0.5) is 13.2 Å². The van der Waals surface area contributed by atoms with Crippen molar-refractivity contribution in [3.8, 4) is 5.75 Å². The number of hydrogen-bond donors (Lipinski definition) is 1. The fraction of sp³-hybridized carbons (Fsp3) is 0.250. The molecule has 4 nitrogen and oxygen atoms in total. The quantitative estimate of drug-likeness (QED) is 0.823. The van der Waals surface area contributed by atoms with Gasteiger partial charge in [0.2, 0.25) is 0 Å². The number of ether oxygens (including phenoxy) is 1. The van der Waals surface area contributed by atoms with Crippen LogP contribution in [0.25, 0.3) is 0 Å². The first-order chi connectivity index (χ1) is 7.11. The van der Waals surface area contributed by atoms with Gasteiger partial charge < -0.3 is 4.74 Å². The number of rotatable bonds is 2. The van der Waals surface area contributed by atoms with Crippen molar-refractivity contribution in [1.82, 2.24) is 0 Å². The van der Waals surface area contributed by atoms with Crippen LogP contribution in [0.3, 0.4) is 0 Å². The standard InChI is InChI=1S/C8H7F3O4S/c1-5-3-2-4-6(16(12,13)14)7(5)15-8(9,10)11/h2-4H,1H3,(H,12,13,14).